The number of rotatable bonds is 7. The van der Waals surface area contributed by atoms with E-state index >= 15 is 0 Å². The smallest absolute Gasteiger partial charge is 0.343 e. The highest BCUT2D eigenvalue weighted by Gasteiger charge is 2.27. The number of ether oxygens (including phenoxy) is 3. The summed E-state index contributed by atoms with van der Waals surface area (Å²) in [4.78, 5) is 21.2. The van der Waals surface area contributed by atoms with Gasteiger partial charge in [0.2, 0.25) is 0 Å². The molecule has 2 aromatic carbocycles. The van der Waals surface area contributed by atoms with Crippen molar-refractivity contribution in [3.63, 3.8) is 0 Å². The van der Waals surface area contributed by atoms with Crippen molar-refractivity contribution in [2.75, 3.05) is 21.3 Å². The van der Waals surface area contributed by atoms with Crippen LogP contribution in [0.5, 0.6) is 17.2 Å². The van der Waals surface area contributed by atoms with Crippen LogP contribution < -0.4 is 13.7 Å². The molecule has 0 aliphatic rings. The summed E-state index contributed by atoms with van der Waals surface area (Å²) in [5.74, 6) is -1.06. The van der Waals surface area contributed by atoms with Crippen LogP contribution in [0.1, 0.15) is 10.4 Å². The van der Waals surface area contributed by atoms with Gasteiger partial charge in [-0.25, -0.2) is 4.79 Å². The van der Waals surface area contributed by atoms with Crippen LogP contribution in [0.2, 0.25) is 0 Å². The maximum absolute atomic E-state index is 12.6. The second kappa shape index (κ2) is 7.91. The molecule has 0 fully saturated rings. The number of benzene rings is 2. The lowest BCUT2D eigenvalue weighted by Crippen LogP contribution is -2.12. The second-order valence-electron chi connectivity index (χ2n) is 4.99. The second-order valence-corrected chi connectivity index (χ2v) is 6.50. The fourth-order valence-corrected chi connectivity index (χ4v) is 3.25. The standard InChI is InChI=1S/C16H15NO9S/c1-23-13-7-5-11(17(19)20)9-15(13)27(21,22)26-12-6-4-10(16(18)25-3)8-14(12)24-2/h4-9H,1-3H3. The van der Waals surface area contributed by atoms with E-state index in [1.807, 2.05) is 0 Å². The number of carbonyl (C=O) groups excluding carboxylic acids is 1. The Bertz CT molecular complexity index is 985. The van der Waals surface area contributed by atoms with E-state index in [9.17, 15) is 23.3 Å². The van der Waals surface area contributed by atoms with Gasteiger partial charge in [0.1, 0.15) is 5.75 Å². The number of nitro groups is 1. The van der Waals surface area contributed by atoms with Gasteiger partial charge in [-0.2, -0.15) is 8.42 Å². The Morgan fingerprint density at radius 2 is 1.59 bits per heavy atom. The number of nitro benzene ring substituents is 1. The van der Waals surface area contributed by atoms with Crippen molar-refractivity contribution in [3.05, 3.63) is 52.1 Å². The highest BCUT2D eigenvalue weighted by Crippen LogP contribution is 2.34. The van der Waals surface area contributed by atoms with Gasteiger partial charge in [-0.1, -0.05) is 0 Å². The molecule has 0 unspecified atom stereocenters. The number of hydrogen-bond acceptors (Lipinski definition) is 9. The molecule has 2 rings (SSSR count). The molecule has 0 bridgehead atoms. The minimum absolute atomic E-state index is 0.0501. The van der Waals surface area contributed by atoms with Gasteiger partial charge in [0.25, 0.3) is 5.69 Å². The fraction of sp³-hybridized carbons (Fsp3) is 0.188. The minimum atomic E-state index is -4.51. The van der Waals surface area contributed by atoms with Crippen LogP contribution in [-0.2, 0) is 14.9 Å². The average molecular weight is 397 g/mol. The van der Waals surface area contributed by atoms with Gasteiger partial charge < -0.3 is 18.4 Å². The summed E-state index contributed by atoms with van der Waals surface area (Å²) in [6.45, 7) is 0. The highest BCUT2D eigenvalue weighted by atomic mass is 32.2. The predicted molar refractivity (Wildman–Crippen MR) is 91.8 cm³/mol. The van der Waals surface area contributed by atoms with Gasteiger partial charge in [-0.3, -0.25) is 10.1 Å². The van der Waals surface area contributed by atoms with Gasteiger partial charge in [-0.15, -0.1) is 0 Å². The number of carbonyl (C=O) groups is 1. The zero-order chi connectivity index (χ0) is 20.2. The Morgan fingerprint density at radius 1 is 0.963 bits per heavy atom. The Balaban J connectivity index is 2.49. The van der Waals surface area contributed by atoms with E-state index in [1.54, 1.807) is 0 Å². The molecule has 0 heterocycles. The Labute approximate surface area is 154 Å². The molecule has 0 aliphatic heterocycles. The third-order valence-electron chi connectivity index (χ3n) is 3.41. The number of nitrogens with zero attached hydrogens (tertiary/aromatic N) is 1. The molecular weight excluding hydrogens is 382 g/mol. The molecule has 0 spiro atoms. The van der Waals surface area contributed by atoms with Crippen LogP contribution in [0.15, 0.2) is 41.3 Å². The van der Waals surface area contributed by atoms with Gasteiger partial charge in [-0.05, 0) is 24.3 Å². The minimum Gasteiger partial charge on any atom is -0.495 e. The van der Waals surface area contributed by atoms with E-state index in [-0.39, 0.29) is 22.8 Å². The maximum Gasteiger partial charge on any atom is 0.343 e. The van der Waals surface area contributed by atoms with Crippen molar-refractivity contribution < 1.29 is 36.5 Å². The SMILES string of the molecule is COC(=O)c1ccc(OS(=O)(=O)c2cc([N+](=O)[O-])ccc2OC)c(OC)c1. The quantitative estimate of drug-likeness (QED) is 0.298. The van der Waals surface area contributed by atoms with Crippen molar-refractivity contribution in [3.8, 4) is 17.2 Å². The van der Waals surface area contributed by atoms with Gasteiger partial charge >= 0.3 is 16.1 Å². The third kappa shape index (κ3) is 4.26. The summed E-state index contributed by atoms with van der Waals surface area (Å²) in [6.07, 6.45) is 0. The molecule has 0 N–H and O–H groups in total. The molecule has 0 amide bonds. The normalized spacial score (nSPS) is 10.8. The largest absolute Gasteiger partial charge is 0.495 e. The summed E-state index contributed by atoms with van der Waals surface area (Å²) in [6, 6.07) is 6.79. The Morgan fingerprint density at radius 3 is 2.15 bits per heavy atom. The summed E-state index contributed by atoms with van der Waals surface area (Å²) in [7, 11) is -0.848. The first-order chi connectivity index (χ1) is 12.7. The molecular formula is C16H15NO9S. The van der Waals surface area contributed by atoms with Crippen molar-refractivity contribution in [2.24, 2.45) is 0 Å². The third-order valence-corrected chi connectivity index (χ3v) is 4.67. The lowest BCUT2D eigenvalue weighted by Gasteiger charge is -2.13. The molecule has 2 aromatic rings. The summed E-state index contributed by atoms with van der Waals surface area (Å²) >= 11 is 0. The number of hydrogen-bond donors (Lipinski definition) is 0. The van der Waals surface area contributed by atoms with E-state index in [2.05, 4.69) is 4.74 Å². The average Bonchev–Trinajstić information content (AvgIpc) is 2.66. The van der Waals surface area contributed by atoms with E-state index in [4.69, 9.17) is 13.7 Å². The molecule has 144 valence electrons. The first-order valence-electron chi connectivity index (χ1n) is 7.26. The van der Waals surface area contributed by atoms with E-state index in [0.29, 0.717) is 0 Å². The monoisotopic (exact) mass is 397 g/mol. The van der Waals surface area contributed by atoms with Crippen molar-refractivity contribution >= 4 is 21.8 Å². The van der Waals surface area contributed by atoms with E-state index < -0.39 is 31.6 Å². The van der Waals surface area contributed by atoms with Crippen LogP contribution in [-0.4, -0.2) is 40.6 Å². The lowest BCUT2D eigenvalue weighted by atomic mass is 10.2. The summed E-state index contributed by atoms with van der Waals surface area (Å²) in [5.41, 5.74) is -0.335. The Hall–Kier alpha value is -3.34. The Kier molecular flexibility index (Phi) is 5.85. The molecule has 0 saturated carbocycles. The first kappa shape index (κ1) is 20.0. The molecule has 11 heteroatoms. The van der Waals surface area contributed by atoms with E-state index in [0.717, 1.165) is 18.2 Å². The van der Waals surface area contributed by atoms with Gasteiger partial charge in [0.15, 0.2) is 16.4 Å². The van der Waals surface area contributed by atoms with Crippen LogP contribution in [0.4, 0.5) is 5.69 Å². The van der Waals surface area contributed by atoms with Crippen molar-refractivity contribution in [1.82, 2.24) is 0 Å². The number of esters is 1. The zero-order valence-corrected chi connectivity index (χ0v) is 15.3. The van der Waals surface area contributed by atoms with Gasteiger partial charge in [0, 0.05) is 12.1 Å². The van der Waals surface area contributed by atoms with Crippen LogP contribution >= 0.6 is 0 Å². The maximum atomic E-state index is 12.6. The summed E-state index contributed by atoms with van der Waals surface area (Å²) < 4.78 is 44.9. The van der Waals surface area contributed by atoms with Crippen LogP contribution in [0.25, 0.3) is 0 Å². The predicted octanol–water partition coefficient (Wildman–Crippen LogP) is 2.17. The van der Waals surface area contributed by atoms with Crippen molar-refractivity contribution in [2.45, 2.75) is 4.90 Å². The molecule has 0 atom stereocenters. The first-order valence-corrected chi connectivity index (χ1v) is 8.67. The zero-order valence-electron chi connectivity index (χ0n) is 14.5. The molecule has 0 aromatic heterocycles. The molecule has 0 saturated heterocycles. The lowest BCUT2D eigenvalue weighted by molar-refractivity contribution is -0.385. The molecule has 27 heavy (non-hydrogen) atoms. The summed E-state index contributed by atoms with van der Waals surface area (Å²) in [5, 5.41) is 10.9. The van der Waals surface area contributed by atoms with Gasteiger partial charge in [0.05, 0.1) is 31.8 Å². The van der Waals surface area contributed by atoms with Crippen LogP contribution in [0.3, 0.4) is 0 Å². The van der Waals surface area contributed by atoms with E-state index in [1.165, 1.54) is 39.5 Å². The topological polar surface area (TPSA) is 131 Å². The highest BCUT2D eigenvalue weighted by molar-refractivity contribution is 7.87. The molecule has 0 aliphatic carbocycles. The number of methoxy groups -OCH3 is 3. The van der Waals surface area contributed by atoms with Crippen LogP contribution in [0, 0.1) is 10.1 Å². The van der Waals surface area contributed by atoms with Crippen molar-refractivity contribution in [1.29, 1.82) is 0 Å². The molecule has 10 nitrogen and oxygen atoms in total. The number of non-ortho nitro benzene ring substituents is 1. The fourth-order valence-electron chi connectivity index (χ4n) is 2.12. The molecule has 0 radical (unpaired) electrons.